The minimum atomic E-state index is 0.276. The first kappa shape index (κ1) is 10.6. The normalized spacial score (nSPS) is 11.1. The zero-order chi connectivity index (χ0) is 11.4. The van der Waals surface area contributed by atoms with Gasteiger partial charge in [0.1, 0.15) is 18.1 Å². The van der Waals surface area contributed by atoms with E-state index in [0.29, 0.717) is 6.61 Å². The molecule has 0 atom stereocenters. The predicted octanol–water partition coefficient (Wildman–Crippen LogP) is 3.50. The van der Waals surface area contributed by atoms with Gasteiger partial charge in [-0.05, 0) is 42.0 Å². The Bertz CT molecular complexity index is 515. The van der Waals surface area contributed by atoms with Crippen LogP contribution in [0.15, 0.2) is 48.6 Å². The van der Waals surface area contributed by atoms with Crippen molar-refractivity contribution >= 4 is 10.8 Å². The summed E-state index contributed by atoms with van der Waals surface area (Å²) in [5.41, 5.74) is 0. The molecule has 82 valence electrons. The van der Waals surface area contributed by atoms with Crippen LogP contribution in [0.25, 0.3) is 10.8 Å². The van der Waals surface area contributed by atoms with Gasteiger partial charge < -0.3 is 9.84 Å². The fourth-order valence-corrected chi connectivity index (χ4v) is 1.54. The molecule has 0 bridgehead atoms. The van der Waals surface area contributed by atoms with E-state index in [0.717, 1.165) is 16.5 Å². The van der Waals surface area contributed by atoms with Crippen molar-refractivity contribution in [1.82, 2.24) is 0 Å². The molecule has 0 spiro atoms. The number of rotatable bonds is 3. The minimum Gasteiger partial charge on any atom is -0.508 e. The van der Waals surface area contributed by atoms with Gasteiger partial charge in [0, 0.05) is 0 Å². The average molecular weight is 214 g/mol. The van der Waals surface area contributed by atoms with Crippen molar-refractivity contribution in [1.29, 1.82) is 0 Å². The van der Waals surface area contributed by atoms with Crippen molar-refractivity contribution in [3.8, 4) is 11.5 Å². The maximum Gasteiger partial charge on any atom is 0.120 e. The third kappa shape index (κ3) is 2.34. The fraction of sp³-hybridized carbons (Fsp3) is 0.143. The van der Waals surface area contributed by atoms with Gasteiger partial charge in [0.05, 0.1) is 0 Å². The molecule has 0 aromatic heterocycles. The van der Waals surface area contributed by atoms with Crippen molar-refractivity contribution < 1.29 is 9.84 Å². The lowest BCUT2D eigenvalue weighted by Crippen LogP contribution is -1.92. The van der Waals surface area contributed by atoms with Crippen molar-refractivity contribution in [3.05, 3.63) is 48.6 Å². The Morgan fingerprint density at radius 2 is 1.94 bits per heavy atom. The molecule has 0 aliphatic heterocycles. The molecule has 2 heteroatoms. The Morgan fingerprint density at radius 1 is 1.12 bits per heavy atom. The van der Waals surface area contributed by atoms with E-state index in [-0.39, 0.29) is 5.75 Å². The number of allylic oxidation sites excluding steroid dienone is 1. The van der Waals surface area contributed by atoms with Crippen LogP contribution in [0.5, 0.6) is 11.5 Å². The second kappa shape index (κ2) is 4.71. The summed E-state index contributed by atoms with van der Waals surface area (Å²) in [5.74, 6) is 1.09. The van der Waals surface area contributed by atoms with E-state index < -0.39 is 0 Å². The summed E-state index contributed by atoms with van der Waals surface area (Å²) >= 11 is 0. The fourth-order valence-electron chi connectivity index (χ4n) is 1.54. The first-order valence-corrected chi connectivity index (χ1v) is 5.26. The highest BCUT2D eigenvalue weighted by Gasteiger charge is 1.98. The standard InChI is InChI=1S/C14H14O2/c1-2-3-8-16-14-7-5-11-4-6-13(15)9-12(11)10-14/h2-7,9-10,15H,8H2,1H3/b3-2+. The quantitative estimate of drug-likeness (QED) is 0.792. The molecule has 0 radical (unpaired) electrons. The monoisotopic (exact) mass is 214 g/mol. The predicted molar refractivity (Wildman–Crippen MR) is 65.9 cm³/mol. The lowest BCUT2D eigenvalue weighted by atomic mass is 10.1. The SMILES string of the molecule is C/C=C/COc1ccc2ccc(O)cc2c1. The second-order valence-corrected chi connectivity index (χ2v) is 3.57. The van der Waals surface area contributed by atoms with Crippen LogP contribution in [0, 0.1) is 0 Å². The summed E-state index contributed by atoms with van der Waals surface area (Å²) < 4.78 is 5.53. The summed E-state index contributed by atoms with van der Waals surface area (Å²) in [4.78, 5) is 0. The first-order valence-electron chi connectivity index (χ1n) is 5.26. The highest BCUT2D eigenvalue weighted by molar-refractivity contribution is 5.85. The highest BCUT2D eigenvalue weighted by atomic mass is 16.5. The van der Waals surface area contributed by atoms with E-state index in [9.17, 15) is 5.11 Å². The van der Waals surface area contributed by atoms with E-state index in [4.69, 9.17) is 4.74 Å². The summed E-state index contributed by atoms with van der Waals surface area (Å²) in [7, 11) is 0. The van der Waals surface area contributed by atoms with Crippen LogP contribution in [0.3, 0.4) is 0 Å². The van der Waals surface area contributed by atoms with E-state index in [1.807, 2.05) is 43.3 Å². The first-order chi connectivity index (χ1) is 7.79. The van der Waals surface area contributed by atoms with Gasteiger partial charge in [-0.15, -0.1) is 0 Å². The van der Waals surface area contributed by atoms with Gasteiger partial charge in [0.25, 0.3) is 0 Å². The molecule has 2 nitrogen and oxygen atoms in total. The van der Waals surface area contributed by atoms with Crippen LogP contribution < -0.4 is 4.74 Å². The Hall–Kier alpha value is -1.96. The number of hydrogen-bond donors (Lipinski definition) is 1. The summed E-state index contributed by atoms with van der Waals surface area (Å²) in [6.45, 7) is 2.53. The molecule has 0 amide bonds. The number of fused-ring (bicyclic) bond motifs is 1. The largest absolute Gasteiger partial charge is 0.508 e. The molecule has 0 aliphatic rings. The highest BCUT2D eigenvalue weighted by Crippen LogP contribution is 2.24. The van der Waals surface area contributed by atoms with Crippen molar-refractivity contribution in [2.75, 3.05) is 6.61 Å². The van der Waals surface area contributed by atoms with Crippen LogP contribution in [-0.2, 0) is 0 Å². The molecule has 0 saturated carbocycles. The molecule has 2 rings (SSSR count). The van der Waals surface area contributed by atoms with Crippen molar-refractivity contribution in [3.63, 3.8) is 0 Å². The number of aromatic hydroxyl groups is 1. The topological polar surface area (TPSA) is 29.5 Å². The zero-order valence-corrected chi connectivity index (χ0v) is 9.18. The van der Waals surface area contributed by atoms with Gasteiger partial charge in [0.15, 0.2) is 0 Å². The molecule has 1 N–H and O–H groups in total. The second-order valence-electron chi connectivity index (χ2n) is 3.57. The lowest BCUT2D eigenvalue weighted by Gasteiger charge is -2.05. The van der Waals surface area contributed by atoms with Crippen LogP contribution in [0.2, 0.25) is 0 Å². The third-order valence-corrected chi connectivity index (χ3v) is 2.38. The molecule has 0 unspecified atom stereocenters. The Kier molecular flexibility index (Phi) is 3.10. The van der Waals surface area contributed by atoms with Gasteiger partial charge in [-0.3, -0.25) is 0 Å². The van der Waals surface area contributed by atoms with E-state index in [1.54, 1.807) is 12.1 Å². The molecule has 0 aliphatic carbocycles. The number of phenolic OH excluding ortho intramolecular Hbond substituents is 1. The van der Waals surface area contributed by atoms with Gasteiger partial charge >= 0.3 is 0 Å². The molecule has 0 saturated heterocycles. The number of hydrogen-bond acceptors (Lipinski definition) is 2. The van der Waals surface area contributed by atoms with E-state index in [1.165, 1.54) is 0 Å². The zero-order valence-electron chi connectivity index (χ0n) is 9.18. The number of benzene rings is 2. The average Bonchev–Trinajstić information content (AvgIpc) is 2.29. The summed E-state index contributed by atoms with van der Waals surface area (Å²) in [6.07, 6.45) is 3.90. The molecular formula is C14H14O2. The van der Waals surface area contributed by atoms with E-state index >= 15 is 0 Å². The smallest absolute Gasteiger partial charge is 0.120 e. The Balaban J connectivity index is 2.28. The maximum atomic E-state index is 9.38. The van der Waals surface area contributed by atoms with Crippen LogP contribution in [-0.4, -0.2) is 11.7 Å². The van der Waals surface area contributed by atoms with Gasteiger partial charge in [-0.25, -0.2) is 0 Å². The number of ether oxygens (including phenoxy) is 1. The van der Waals surface area contributed by atoms with Crippen LogP contribution >= 0.6 is 0 Å². The van der Waals surface area contributed by atoms with Crippen LogP contribution in [0.1, 0.15) is 6.92 Å². The maximum absolute atomic E-state index is 9.38. The molecule has 16 heavy (non-hydrogen) atoms. The van der Waals surface area contributed by atoms with Gasteiger partial charge in [-0.2, -0.15) is 0 Å². The minimum absolute atomic E-state index is 0.276. The molecular weight excluding hydrogens is 200 g/mol. The molecule has 2 aromatic carbocycles. The van der Waals surface area contributed by atoms with E-state index in [2.05, 4.69) is 0 Å². The molecule has 0 heterocycles. The molecule has 2 aromatic rings. The Labute approximate surface area is 94.8 Å². The van der Waals surface area contributed by atoms with Gasteiger partial charge in [0.2, 0.25) is 0 Å². The summed E-state index contributed by atoms with van der Waals surface area (Å²) in [6, 6.07) is 11.2. The van der Waals surface area contributed by atoms with Crippen molar-refractivity contribution in [2.24, 2.45) is 0 Å². The third-order valence-electron chi connectivity index (χ3n) is 2.38. The Morgan fingerprint density at radius 3 is 2.75 bits per heavy atom. The molecule has 0 fully saturated rings. The summed E-state index contributed by atoms with van der Waals surface area (Å²) in [5, 5.41) is 11.5. The number of phenols is 1. The lowest BCUT2D eigenvalue weighted by molar-refractivity contribution is 0.363. The van der Waals surface area contributed by atoms with Crippen molar-refractivity contribution in [2.45, 2.75) is 6.92 Å². The van der Waals surface area contributed by atoms with Gasteiger partial charge in [-0.1, -0.05) is 24.3 Å². The van der Waals surface area contributed by atoms with Crippen LogP contribution in [0.4, 0.5) is 0 Å².